The maximum absolute atomic E-state index is 12.7. The fourth-order valence-electron chi connectivity index (χ4n) is 3.81. The number of nitrogens with zero attached hydrogens (tertiary/aromatic N) is 3. The van der Waals surface area contributed by atoms with Crippen LogP contribution in [0.3, 0.4) is 0 Å². The number of aryl methyl sites for hydroxylation is 2. The van der Waals surface area contributed by atoms with Gasteiger partial charge in [-0.2, -0.15) is 0 Å². The first-order chi connectivity index (χ1) is 14.6. The molecule has 3 aromatic rings. The molecule has 0 spiro atoms. The molecule has 5 nitrogen and oxygen atoms in total. The Morgan fingerprint density at radius 3 is 2.33 bits per heavy atom. The second kappa shape index (κ2) is 9.08. The fraction of sp³-hybridized carbons (Fsp3) is 0.320. The molecule has 1 N–H and O–H groups in total. The molecule has 1 aliphatic heterocycles. The van der Waals surface area contributed by atoms with E-state index in [0.717, 1.165) is 42.0 Å². The summed E-state index contributed by atoms with van der Waals surface area (Å²) in [4.78, 5) is 14.9. The molecule has 1 atom stereocenters. The Bertz CT molecular complexity index is 981. The van der Waals surface area contributed by atoms with Gasteiger partial charge in [0, 0.05) is 25.2 Å². The molecule has 1 saturated heterocycles. The minimum atomic E-state index is -0.0252. The van der Waals surface area contributed by atoms with Gasteiger partial charge in [0.2, 0.25) is 5.91 Å². The molecule has 4 rings (SSSR count). The normalized spacial score (nSPS) is 16.3. The van der Waals surface area contributed by atoms with Gasteiger partial charge < -0.3 is 10.2 Å². The summed E-state index contributed by atoms with van der Waals surface area (Å²) in [5.74, 6) is 0.925. The highest BCUT2D eigenvalue weighted by Gasteiger charge is 2.26. The summed E-state index contributed by atoms with van der Waals surface area (Å²) in [5, 5.41) is 11.9. The largest absolute Gasteiger partial charge is 0.354 e. The lowest BCUT2D eigenvalue weighted by Gasteiger charge is -2.32. The molecule has 1 aromatic heterocycles. The van der Waals surface area contributed by atoms with E-state index in [9.17, 15) is 4.79 Å². The maximum atomic E-state index is 12.7. The van der Waals surface area contributed by atoms with Gasteiger partial charge in [0.25, 0.3) is 0 Å². The lowest BCUT2D eigenvalue weighted by atomic mass is 9.97. The van der Waals surface area contributed by atoms with Crippen LogP contribution in [0.15, 0.2) is 60.7 Å². The van der Waals surface area contributed by atoms with Gasteiger partial charge in [-0.15, -0.1) is 10.2 Å². The van der Waals surface area contributed by atoms with Crippen molar-refractivity contribution in [2.45, 2.75) is 33.2 Å². The topological polar surface area (TPSA) is 58.1 Å². The summed E-state index contributed by atoms with van der Waals surface area (Å²) in [6.07, 6.45) is 1.88. The third-order valence-electron chi connectivity index (χ3n) is 5.70. The lowest BCUT2D eigenvalue weighted by molar-refractivity contribution is -0.125. The van der Waals surface area contributed by atoms with Crippen molar-refractivity contribution in [3.05, 3.63) is 77.4 Å². The van der Waals surface area contributed by atoms with E-state index >= 15 is 0 Å². The highest BCUT2D eigenvalue weighted by molar-refractivity contribution is 5.79. The minimum absolute atomic E-state index is 0.0252. The highest BCUT2D eigenvalue weighted by atomic mass is 16.1. The van der Waals surface area contributed by atoms with Crippen LogP contribution in [0.25, 0.3) is 11.3 Å². The first-order valence-corrected chi connectivity index (χ1v) is 10.6. The first kappa shape index (κ1) is 20.1. The van der Waals surface area contributed by atoms with E-state index < -0.39 is 0 Å². The number of rotatable bonds is 5. The van der Waals surface area contributed by atoms with Crippen molar-refractivity contribution in [3.8, 4) is 11.3 Å². The molecule has 2 heterocycles. The van der Waals surface area contributed by atoms with Gasteiger partial charge in [-0.25, -0.2) is 0 Å². The molecule has 1 amide bonds. The Kier molecular flexibility index (Phi) is 6.07. The van der Waals surface area contributed by atoms with Gasteiger partial charge in [0.15, 0.2) is 5.82 Å². The van der Waals surface area contributed by atoms with Crippen LogP contribution in [0.2, 0.25) is 0 Å². The molecule has 154 valence electrons. The van der Waals surface area contributed by atoms with Gasteiger partial charge in [-0.1, -0.05) is 59.7 Å². The summed E-state index contributed by atoms with van der Waals surface area (Å²) >= 11 is 0. The van der Waals surface area contributed by atoms with Gasteiger partial charge >= 0.3 is 0 Å². The van der Waals surface area contributed by atoms with Crippen molar-refractivity contribution in [2.24, 2.45) is 5.92 Å². The molecule has 1 fully saturated rings. The molecule has 0 bridgehead atoms. The zero-order chi connectivity index (χ0) is 20.9. The van der Waals surface area contributed by atoms with Crippen molar-refractivity contribution in [3.63, 3.8) is 0 Å². The third kappa shape index (κ3) is 4.85. The van der Waals surface area contributed by atoms with Gasteiger partial charge in [0.05, 0.1) is 11.6 Å². The summed E-state index contributed by atoms with van der Waals surface area (Å²) in [6.45, 7) is 6.29. The monoisotopic (exact) mass is 400 g/mol. The van der Waals surface area contributed by atoms with E-state index in [1.54, 1.807) is 0 Å². The number of carbonyl (C=O) groups excluding carboxylic acids is 1. The molecule has 0 radical (unpaired) electrons. The lowest BCUT2D eigenvalue weighted by Crippen LogP contribution is -2.43. The van der Waals surface area contributed by atoms with Gasteiger partial charge in [-0.3, -0.25) is 4.79 Å². The molecule has 0 aliphatic carbocycles. The molecule has 2 aromatic carbocycles. The minimum Gasteiger partial charge on any atom is -0.354 e. The number of hydrogen-bond donors (Lipinski definition) is 1. The Morgan fingerprint density at radius 1 is 0.967 bits per heavy atom. The molecular weight excluding hydrogens is 372 g/mol. The van der Waals surface area contributed by atoms with Crippen LogP contribution in [-0.4, -0.2) is 29.2 Å². The van der Waals surface area contributed by atoms with Crippen molar-refractivity contribution >= 4 is 11.7 Å². The molecular formula is C25H28N4O. The van der Waals surface area contributed by atoms with E-state index in [1.807, 2.05) is 12.1 Å². The van der Waals surface area contributed by atoms with E-state index in [0.29, 0.717) is 13.1 Å². The summed E-state index contributed by atoms with van der Waals surface area (Å²) in [6, 6.07) is 20.6. The fourth-order valence-corrected chi connectivity index (χ4v) is 3.81. The molecule has 30 heavy (non-hydrogen) atoms. The second-order valence-corrected chi connectivity index (χ2v) is 8.13. The number of anilines is 1. The average molecular weight is 401 g/mol. The number of piperidine rings is 1. The van der Waals surface area contributed by atoms with Crippen LogP contribution < -0.4 is 10.2 Å². The number of amides is 1. The Balaban J connectivity index is 1.36. The zero-order valence-electron chi connectivity index (χ0n) is 17.6. The van der Waals surface area contributed by atoms with Crippen LogP contribution in [0.5, 0.6) is 0 Å². The predicted octanol–water partition coefficient (Wildman–Crippen LogP) is 4.29. The van der Waals surface area contributed by atoms with E-state index in [1.165, 1.54) is 11.1 Å². The standard InChI is InChI=1S/C25H28N4O/c1-18-5-9-20(10-6-18)16-26-25(30)22-4-3-15-29(17-22)24-14-13-23(27-28-24)21-11-7-19(2)8-12-21/h5-14,22H,3-4,15-17H2,1-2H3,(H,26,30)/t22-/m0/s1. The Morgan fingerprint density at radius 2 is 1.67 bits per heavy atom. The number of nitrogens with one attached hydrogen (secondary N) is 1. The van der Waals surface area contributed by atoms with Crippen LogP contribution in [0.4, 0.5) is 5.82 Å². The number of benzene rings is 2. The summed E-state index contributed by atoms with van der Waals surface area (Å²) in [7, 11) is 0. The quantitative estimate of drug-likeness (QED) is 0.694. The van der Waals surface area contributed by atoms with Crippen molar-refractivity contribution in [2.75, 3.05) is 18.0 Å². The van der Waals surface area contributed by atoms with Crippen LogP contribution >= 0.6 is 0 Å². The average Bonchev–Trinajstić information content (AvgIpc) is 2.79. The van der Waals surface area contributed by atoms with Gasteiger partial charge in [-0.05, 0) is 44.4 Å². The summed E-state index contributed by atoms with van der Waals surface area (Å²) in [5.41, 5.74) is 5.50. The number of hydrogen-bond acceptors (Lipinski definition) is 4. The Hall–Kier alpha value is -3.21. The molecule has 0 unspecified atom stereocenters. The Labute approximate surface area is 178 Å². The van der Waals surface area contributed by atoms with Gasteiger partial charge in [0.1, 0.15) is 0 Å². The highest BCUT2D eigenvalue weighted by Crippen LogP contribution is 2.23. The van der Waals surface area contributed by atoms with Crippen molar-refractivity contribution in [1.29, 1.82) is 0 Å². The molecule has 5 heteroatoms. The van der Waals surface area contributed by atoms with E-state index in [2.05, 4.69) is 82.8 Å². The van der Waals surface area contributed by atoms with E-state index in [4.69, 9.17) is 0 Å². The second-order valence-electron chi connectivity index (χ2n) is 8.13. The summed E-state index contributed by atoms with van der Waals surface area (Å²) < 4.78 is 0. The number of carbonyl (C=O) groups is 1. The third-order valence-corrected chi connectivity index (χ3v) is 5.70. The molecule has 0 saturated carbocycles. The first-order valence-electron chi connectivity index (χ1n) is 10.6. The molecule has 1 aliphatic rings. The predicted molar refractivity (Wildman–Crippen MR) is 120 cm³/mol. The SMILES string of the molecule is Cc1ccc(CNC(=O)[C@H]2CCCN(c3ccc(-c4ccc(C)cc4)nn3)C2)cc1. The number of aromatic nitrogens is 2. The maximum Gasteiger partial charge on any atom is 0.225 e. The van der Waals surface area contributed by atoms with Crippen molar-refractivity contribution in [1.82, 2.24) is 15.5 Å². The van der Waals surface area contributed by atoms with Crippen molar-refractivity contribution < 1.29 is 4.79 Å². The zero-order valence-corrected chi connectivity index (χ0v) is 17.6. The van der Waals surface area contributed by atoms with Crippen LogP contribution in [0, 0.1) is 19.8 Å². The van der Waals surface area contributed by atoms with Crippen LogP contribution in [-0.2, 0) is 11.3 Å². The van der Waals surface area contributed by atoms with Crippen LogP contribution in [0.1, 0.15) is 29.5 Å². The smallest absolute Gasteiger partial charge is 0.225 e. The van der Waals surface area contributed by atoms with E-state index in [-0.39, 0.29) is 11.8 Å².